The second kappa shape index (κ2) is 11.0. The second-order valence-electron chi connectivity index (χ2n) is 6.37. The van der Waals surface area contributed by atoms with Crippen LogP contribution in [-0.2, 0) is 9.63 Å². The summed E-state index contributed by atoms with van der Waals surface area (Å²) < 4.78 is 18.5. The normalized spacial score (nSPS) is 11.4. The predicted octanol–water partition coefficient (Wildman–Crippen LogP) is 5.16. The van der Waals surface area contributed by atoms with Gasteiger partial charge in [0.2, 0.25) is 5.75 Å². The van der Waals surface area contributed by atoms with Crippen LogP contribution in [-0.4, -0.2) is 43.7 Å². The number of rotatable bonds is 10. The number of carbonyl (C=O) groups is 1. The highest BCUT2D eigenvalue weighted by Crippen LogP contribution is 2.41. The van der Waals surface area contributed by atoms with Crippen molar-refractivity contribution in [1.29, 1.82) is 0 Å². The molecule has 7 nitrogen and oxygen atoms in total. The van der Waals surface area contributed by atoms with Gasteiger partial charge in [-0.15, -0.1) is 11.3 Å². The van der Waals surface area contributed by atoms with Crippen LogP contribution in [0.25, 0.3) is 10.2 Å². The van der Waals surface area contributed by atoms with Gasteiger partial charge in [-0.2, -0.15) is 0 Å². The lowest BCUT2D eigenvalue weighted by Crippen LogP contribution is -2.11. The molecule has 2 aromatic carbocycles. The van der Waals surface area contributed by atoms with Gasteiger partial charge in [-0.3, -0.25) is 0 Å². The fourth-order valence-corrected chi connectivity index (χ4v) is 4.89. The van der Waals surface area contributed by atoms with Crippen LogP contribution in [0.15, 0.2) is 45.9 Å². The molecule has 31 heavy (non-hydrogen) atoms. The van der Waals surface area contributed by atoms with Gasteiger partial charge in [-0.1, -0.05) is 36.0 Å². The minimum atomic E-state index is -0.385. The number of fused-ring (bicyclic) bond motifs is 1. The van der Waals surface area contributed by atoms with Crippen LogP contribution in [0.2, 0.25) is 0 Å². The van der Waals surface area contributed by atoms with Crippen LogP contribution >= 0.6 is 23.1 Å². The maximum atomic E-state index is 11.9. The number of thiazole rings is 1. The molecule has 0 aliphatic carbocycles. The molecule has 0 N–H and O–H groups in total. The van der Waals surface area contributed by atoms with Crippen molar-refractivity contribution in [3.05, 3.63) is 42.0 Å². The number of carbonyl (C=O) groups excluding carboxylic acids is 1. The number of hydrogen-bond acceptors (Lipinski definition) is 9. The van der Waals surface area contributed by atoms with Gasteiger partial charge < -0.3 is 19.0 Å². The van der Waals surface area contributed by atoms with E-state index in [1.54, 1.807) is 31.6 Å². The first kappa shape index (κ1) is 22.9. The number of para-hydroxylation sites is 1. The standard InChI is InChI=1S/C22H24N2O5S2/c1-5-8-19(25)29-24-16(13-30-22-23-15-9-6-7-10-18(15)31-22)14-11-12-17(26-2)21(28-4)20(14)27-3/h6-7,9-12H,5,8,13H2,1-4H3/b24-16+. The van der Waals surface area contributed by atoms with Crippen LogP contribution in [0.4, 0.5) is 0 Å². The molecule has 0 radical (unpaired) electrons. The Morgan fingerprint density at radius 3 is 2.52 bits per heavy atom. The fourth-order valence-electron chi connectivity index (χ4n) is 2.88. The second-order valence-corrected chi connectivity index (χ2v) is 8.62. The van der Waals surface area contributed by atoms with E-state index in [1.165, 1.54) is 18.9 Å². The fraction of sp³-hybridized carbons (Fsp3) is 0.318. The first-order valence-corrected chi connectivity index (χ1v) is 11.5. The van der Waals surface area contributed by atoms with E-state index in [9.17, 15) is 4.79 Å². The first-order valence-electron chi connectivity index (χ1n) is 9.65. The molecule has 0 fully saturated rings. The quantitative estimate of drug-likeness (QED) is 0.179. The summed E-state index contributed by atoms with van der Waals surface area (Å²) in [5.41, 5.74) is 2.14. The third kappa shape index (κ3) is 5.48. The van der Waals surface area contributed by atoms with Gasteiger partial charge in [-0.05, 0) is 30.7 Å². The van der Waals surface area contributed by atoms with Gasteiger partial charge in [0, 0.05) is 17.7 Å². The minimum Gasteiger partial charge on any atom is -0.493 e. The molecule has 0 saturated carbocycles. The molecule has 3 aromatic rings. The Morgan fingerprint density at radius 1 is 1.06 bits per heavy atom. The van der Waals surface area contributed by atoms with Crippen LogP contribution in [0.1, 0.15) is 25.3 Å². The summed E-state index contributed by atoms with van der Waals surface area (Å²) in [7, 11) is 4.64. The molecule has 3 rings (SSSR count). The zero-order chi connectivity index (χ0) is 22.2. The number of benzene rings is 2. The molecule has 0 bridgehead atoms. The lowest BCUT2D eigenvalue weighted by Gasteiger charge is -2.16. The van der Waals surface area contributed by atoms with E-state index in [1.807, 2.05) is 37.3 Å². The van der Waals surface area contributed by atoms with Crippen LogP contribution in [0, 0.1) is 0 Å². The summed E-state index contributed by atoms with van der Waals surface area (Å²) in [5.74, 6) is 1.47. The Balaban J connectivity index is 1.94. The van der Waals surface area contributed by atoms with E-state index in [-0.39, 0.29) is 5.97 Å². The molecule has 0 unspecified atom stereocenters. The SMILES string of the molecule is CCCC(=O)O/N=C(\CSc1nc2ccccc2s1)c1ccc(OC)c(OC)c1OC. The van der Waals surface area contributed by atoms with Crippen molar-refractivity contribution in [3.63, 3.8) is 0 Å². The zero-order valence-corrected chi connectivity index (χ0v) is 19.5. The average Bonchev–Trinajstić information content (AvgIpc) is 3.21. The summed E-state index contributed by atoms with van der Waals surface area (Å²) in [6, 6.07) is 11.5. The van der Waals surface area contributed by atoms with Crippen LogP contribution in [0.3, 0.4) is 0 Å². The highest BCUT2D eigenvalue weighted by Gasteiger charge is 2.21. The lowest BCUT2D eigenvalue weighted by atomic mass is 10.1. The number of aromatic nitrogens is 1. The van der Waals surface area contributed by atoms with E-state index < -0.39 is 0 Å². The van der Waals surface area contributed by atoms with Crippen LogP contribution < -0.4 is 14.2 Å². The molecule has 0 atom stereocenters. The van der Waals surface area contributed by atoms with E-state index in [0.717, 1.165) is 14.6 Å². The monoisotopic (exact) mass is 460 g/mol. The number of thioether (sulfide) groups is 1. The Kier molecular flexibility index (Phi) is 8.13. The Morgan fingerprint density at radius 2 is 1.84 bits per heavy atom. The van der Waals surface area contributed by atoms with Crippen LogP contribution in [0.5, 0.6) is 17.2 Å². The number of hydrogen-bond donors (Lipinski definition) is 0. The minimum absolute atomic E-state index is 0.296. The van der Waals surface area contributed by atoms with Gasteiger partial charge in [0.25, 0.3) is 0 Å². The van der Waals surface area contributed by atoms with Crippen molar-refractivity contribution in [3.8, 4) is 17.2 Å². The van der Waals surface area contributed by atoms with Crippen molar-refractivity contribution in [2.45, 2.75) is 24.1 Å². The molecule has 0 amide bonds. The van der Waals surface area contributed by atoms with Crippen molar-refractivity contribution in [2.75, 3.05) is 27.1 Å². The molecule has 0 aliphatic heterocycles. The molecule has 164 valence electrons. The Bertz CT molecular complexity index is 1050. The van der Waals surface area contributed by atoms with Crippen molar-refractivity contribution < 1.29 is 23.8 Å². The summed E-state index contributed by atoms with van der Waals surface area (Å²) >= 11 is 3.12. The molecule has 0 aliphatic rings. The highest BCUT2D eigenvalue weighted by atomic mass is 32.2. The van der Waals surface area contributed by atoms with Gasteiger partial charge in [0.15, 0.2) is 15.8 Å². The molecular weight excluding hydrogens is 436 g/mol. The number of oxime groups is 1. The topological polar surface area (TPSA) is 79.2 Å². The lowest BCUT2D eigenvalue weighted by molar-refractivity contribution is -0.143. The largest absolute Gasteiger partial charge is 0.493 e. The molecule has 0 saturated heterocycles. The van der Waals surface area contributed by atoms with Crippen molar-refractivity contribution in [2.24, 2.45) is 5.16 Å². The number of methoxy groups -OCH3 is 3. The van der Waals surface area contributed by atoms with E-state index in [4.69, 9.17) is 19.0 Å². The molecule has 9 heteroatoms. The van der Waals surface area contributed by atoms with Gasteiger partial charge in [0.05, 0.1) is 31.5 Å². The summed E-state index contributed by atoms with van der Waals surface area (Å²) in [6.45, 7) is 1.91. The molecular formula is C22H24N2O5S2. The summed E-state index contributed by atoms with van der Waals surface area (Å²) in [5, 5.41) is 4.17. The third-order valence-electron chi connectivity index (χ3n) is 4.33. The van der Waals surface area contributed by atoms with Crippen molar-refractivity contribution in [1.82, 2.24) is 4.98 Å². The smallest absolute Gasteiger partial charge is 0.335 e. The van der Waals surface area contributed by atoms with E-state index >= 15 is 0 Å². The van der Waals surface area contributed by atoms with E-state index in [0.29, 0.717) is 47.1 Å². The molecule has 0 spiro atoms. The third-order valence-corrected chi connectivity index (χ3v) is 6.52. The van der Waals surface area contributed by atoms with Crippen molar-refractivity contribution >= 4 is 45.0 Å². The van der Waals surface area contributed by atoms with Gasteiger partial charge in [-0.25, -0.2) is 9.78 Å². The van der Waals surface area contributed by atoms with E-state index in [2.05, 4.69) is 10.1 Å². The molecule has 1 heterocycles. The highest BCUT2D eigenvalue weighted by molar-refractivity contribution is 8.01. The summed E-state index contributed by atoms with van der Waals surface area (Å²) in [4.78, 5) is 21.7. The Labute approximate surface area is 189 Å². The maximum absolute atomic E-state index is 11.9. The maximum Gasteiger partial charge on any atom is 0.335 e. The number of ether oxygens (including phenoxy) is 3. The Hall–Kier alpha value is -2.78. The zero-order valence-electron chi connectivity index (χ0n) is 17.8. The average molecular weight is 461 g/mol. The first-order chi connectivity index (χ1) is 15.1. The molecule has 1 aromatic heterocycles. The van der Waals surface area contributed by atoms with Gasteiger partial charge in [0.1, 0.15) is 5.71 Å². The van der Waals surface area contributed by atoms with Gasteiger partial charge >= 0.3 is 5.97 Å². The predicted molar refractivity (Wildman–Crippen MR) is 124 cm³/mol. The summed E-state index contributed by atoms with van der Waals surface area (Å²) in [6.07, 6.45) is 0.981. The number of nitrogens with zero attached hydrogens (tertiary/aromatic N) is 2.